The second-order valence-electron chi connectivity index (χ2n) is 5.04. The number of aliphatic hydroxyl groups is 1. The number of rotatable bonds is 5. The third kappa shape index (κ3) is 3.83. The SMILES string of the molecule is CCN(CCCO)C(=O)N1CCCC(C)C1C(=O)O. The summed E-state index contributed by atoms with van der Waals surface area (Å²) in [5.41, 5.74) is 0. The molecule has 6 heteroatoms. The molecule has 0 aromatic carbocycles. The lowest BCUT2D eigenvalue weighted by atomic mass is 9.91. The van der Waals surface area contributed by atoms with E-state index in [2.05, 4.69) is 0 Å². The van der Waals surface area contributed by atoms with Crippen molar-refractivity contribution in [2.24, 2.45) is 5.92 Å². The molecular formula is C13H24N2O4. The van der Waals surface area contributed by atoms with E-state index in [1.165, 1.54) is 4.90 Å². The van der Waals surface area contributed by atoms with Crippen molar-refractivity contribution in [2.45, 2.75) is 39.2 Å². The lowest BCUT2D eigenvalue weighted by molar-refractivity contribution is -0.145. The summed E-state index contributed by atoms with van der Waals surface area (Å²) in [7, 11) is 0. The summed E-state index contributed by atoms with van der Waals surface area (Å²) in [6.45, 7) is 5.25. The maximum absolute atomic E-state index is 12.4. The Morgan fingerprint density at radius 2 is 2.11 bits per heavy atom. The number of carbonyl (C=O) groups excluding carboxylic acids is 1. The van der Waals surface area contributed by atoms with Crippen molar-refractivity contribution in [3.8, 4) is 0 Å². The van der Waals surface area contributed by atoms with Gasteiger partial charge in [-0.15, -0.1) is 0 Å². The first-order valence-electron chi connectivity index (χ1n) is 6.92. The maximum atomic E-state index is 12.4. The summed E-state index contributed by atoms with van der Waals surface area (Å²) in [4.78, 5) is 26.8. The second kappa shape index (κ2) is 7.33. The fraction of sp³-hybridized carbons (Fsp3) is 0.846. The quantitative estimate of drug-likeness (QED) is 0.782. The summed E-state index contributed by atoms with van der Waals surface area (Å²) in [6, 6.07) is -0.959. The Balaban J connectivity index is 2.78. The van der Waals surface area contributed by atoms with E-state index in [-0.39, 0.29) is 18.6 Å². The van der Waals surface area contributed by atoms with Gasteiger partial charge >= 0.3 is 12.0 Å². The largest absolute Gasteiger partial charge is 0.480 e. The molecule has 1 aliphatic rings. The molecule has 19 heavy (non-hydrogen) atoms. The first-order valence-corrected chi connectivity index (χ1v) is 6.92. The number of likely N-dealkylation sites (tertiary alicyclic amines) is 1. The van der Waals surface area contributed by atoms with Crippen molar-refractivity contribution < 1.29 is 19.8 Å². The molecule has 2 N–H and O–H groups in total. The van der Waals surface area contributed by atoms with Gasteiger partial charge in [0, 0.05) is 26.2 Å². The number of carboxylic acid groups (broad SMARTS) is 1. The van der Waals surface area contributed by atoms with Crippen LogP contribution in [0.15, 0.2) is 0 Å². The van der Waals surface area contributed by atoms with E-state index in [9.17, 15) is 14.7 Å². The van der Waals surface area contributed by atoms with Crippen LogP contribution in [0.25, 0.3) is 0 Å². The van der Waals surface area contributed by atoms with Gasteiger partial charge in [0.25, 0.3) is 0 Å². The summed E-state index contributed by atoms with van der Waals surface area (Å²) in [5.74, 6) is -0.953. The zero-order chi connectivity index (χ0) is 14.4. The summed E-state index contributed by atoms with van der Waals surface area (Å²) >= 11 is 0. The van der Waals surface area contributed by atoms with E-state index >= 15 is 0 Å². The van der Waals surface area contributed by atoms with Gasteiger partial charge in [0.2, 0.25) is 0 Å². The van der Waals surface area contributed by atoms with Crippen LogP contribution < -0.4 is 0 Å². The second-order valence-corrected chi connectivity index (χ2v) is 5.04. The number of carbonyl (C=O) groups is 2. The zero-order valence-electron chi connectivity index (χ0n) is 11.7. The summed E-state index contributed by atoms with van der Waals surface area (Å²) < 4.78 is 0. The highest BCUT2D eigenvalue weighted by Crippen LogP contribution is 2.24. The molecule has 2 unspecified atom stereocenters. The number of urea groups is 1. The predicted molar refractivity (Wildman–Crippen MR) is 70.9 cm³/mol. The number of hydrogen-bond donors (Lipinski definition) is 2. The number of carboxylic acids is 1. The molecule has 1 saturated heterocycles. The number of amides is 2. The molecule has 0 spiro atoms. The number of hydrogen-bond acceptors (Lipinski definition) is 3. The van der Waals surface area contributed by atoms with Gasteiger partial charge in [-0.05, 0) is 32.1 Å². The van der Waals surface area contributed by atoms with Crippen molar-refractivity contribution in [3.05, 3.63) is 0 Å². The molecule has 0 bridgehead atoms. The van der Waals surface area contributed by atoms with Crippen molar-refractivity contribution in [3.63, 3.8) is 0 Å². The van der Waals surface area contributed by atoms with Gasteiger partial charge in [-0.1, -0.05) is 6.92 Å². The molecule has 0 aromatic heterocycles. The van der Waals surface area contributed by atoms with Crippen LogP contribution in [-0.4, -0.2) is 64.3 Å². The monoisotopic (exact) mass is 272 g/mol. The molecule has 1 rings (SSSR count). The highest BCUT2D eigenvalue weighted by molar-refractivity contribution is 5.83. The summed E-state index contributed by atoms with van der Waals surface area (Å²) in [6.07, 6.45) is 2.19. The number of aliphatic hydroxyl groups excluding tert-OH is 1. The van der Waals surface area contributed by atoms with Crippen LogP contribution in [-0.2, 0) is 4.79 Å². The molecule has 1 aliphatic heterocycles. The average Bonchev–Trinajstić information content (AvgIpc) is 2.38. The fourth-order valence-corrected chi connectivity index (χ4v) is 2.61. The third-order valence-corrected chi connectivity index (χ3v) is 3.67. The Bertz CT molecular complexity index is 322. The van der Waals surface area contributed by atoms with E-state index in [4.69, 9.17) is 5.11 Å². The van der Waals surface area contributed by atoms with Crippen LogP contribution in [0.2, 0.25) is 0 Å². The molecule has 2 atom stereocenters. The molecule has 110 valence electrons. The van der Waals surface area contributed by atoms with Crippen LogP contribution >= 0.6 is 0 Å². The van der Waals surface area contributed by atoms with Gasteiger partial charge in [0.15, 0.2) is 0 Å². The van der Waals surface area contributed by atoms with E-state index in [1.807, 2.05) is 13.8 Å². The normalized spacial score (nSPS) is 23.2. The first kappa shape index (κ1) is 15.8. The Morgan fingerprint density at radius 1 is 1.42 bits per heavy atom. The first-order chi connectivity index (χ1) is 9.02. The Kier molecular flexibility index (Phi) is 6.08. The van der Waals surface area contributed by atoms with Crippen molar-refractivity contribution in [2.75, 3.05) is 26.2 Å². The van der Waals surface area contributed by atoms with Crippen molar-refractivity contribution in [1.82, 2.24) is 9.80 Å². The molecular weight excluding hydrogens is 248 g/mol. The van der Waals surface area contributed by atoms with Crippen LogP contribution in [0, 0.1) is 5.92 Å². The van der Waals surface area contributed by atoms with Crippen LogP contribution in [0.4, 0.5) is 4.79 Å². The lowest BCUT2D eigenvalue weighted by Crippen LogP contribution is -2.56. The van der Waals surface area contributed by atoms with Gasteiger partial charge in [-0.2, -0.15) is 0 Å². The number of piperidine rings is 1. The highest BCUT2D eigenvalue weighted by Gasteiger charge is 2.38. The third-order valence-electron chi connectivity index (χ3n) is 3.67. The summed E-state index contributed by atoms with van der Waals surface area (Å²) in [5, 5.41) is 18.1. The Hall–Kier alpha value is -1.30. The van der Waals surface area contributed by atoms with E-state index < -0.39 is 12.0 Å². The molecule has 0 radical (unpaired) electrons. The van der Waals surface area contributed by atoms with Gasteiger partial charge in [-0.25, -0.2) is 9.59 Å². The lowest BCUT2D eigenvalue weighted by Gasteiger charge is -2.39. The number of aliphatic carboxylic acids is 1. The highest BCUT2D eigenvalue weighted by atomic mass is 16.4. The predicted octanol–water partition coefficient (Wildman–Crippen LogP) is 0.996. The van der Waals surface area contributed by atoms with Crippen LogP contribution in [0.1, 0.15) is 33.1 Å². The Morgan fingerprint density at radius 3 is 2.63 bits per heavy atom. The van der Waals surface area contributed by atoms with E-state index in [1.54, 1.807) is 4.90 Å². The maximum Gasteiger partial charge on any atom is 0.326 e. The molecule has 0 aliphatic carbocycles. The topological polar surface area (TPSA) is 81.1 Å². The van der Waals surface area contributed by atoms with Crippen molar-refractivity contribution in [1.29, 1.82) is 0 Å². The molecule has 2 amide bonds. The van der Waals surface area contributed by atoms with Gasteiger partial charge in [0.1, 0.15) is 6.04 Å². The average molecular weight is 272 g/mol. The van der Waals surface area contributed by atoms with Gasteiger partial charge in [0.05, 0.1) is 0 Å². The number of nitrogens with zero attached hydrogens (tertiary/aromatic N) is 2. The van der Waals surface area contributed by atoms with E-state index in [0.717, 1.165) is 12.8 Å². The molecule has 0 saturated carbocycles. The minimum atomic E-state index is -0.932. The molecule has 1 heterocycles. The van der Waals surface area contributed by atoms with E-state index in [0.29, 0.717) is 26.1 Å². The smallest absolute Gasteiger partial charge is 0.326 e. The fourth-order valence-electron chi connectivity index (χ4n) is 2.61. The molecule has 6 nitrogen and oxygen atoms in total. The van der Waals surface area contributed by atoms with Crippen LogP contribution in [0.3, 0.4) is 0 Å². The standard InChI is InChI=1S/C13H24N2O4/c1-3-14(7-5-9-16)13(19)15-8-4-6-10(2)11(15)12(17)18/h10-11,16H,3-9H2,1-2H3,(H,17,18). The molecule has 0 aromatic rings. The van der Waals surface area contributed by atoms with Crippen LogP contribution in [0.5, 0.6) is 0 Å². The van der Waals surface area contributed by atoms with Crippen molar-refractivity contribution >= 4 is 12.0 Å². The van der Waals surface area contributed by atoms with Gasteiger partial charge in [-0.3, -0.25) is 0 Å². The van der Waals surface area contributed by atoms with Gasteiger partial charge < -0.3 is 20.0 Å². The minimum absolute atomic E-state index is 0.0215. The zero-order valence-corrected chi connectivity index (χ0v) is 11.7. The minimum Gasteiger partial charge on any atom is -0.480 e. The molecule has 1 fully saturated rings. The Labute approximate surface area is 114 Å².